The van der Waals surface area contributed by atoms with Gasteiger partial charge in [0.1, 0.15) is 0 Å². The maximum Gasteiger partial charge on any atom is 0.0706 e. The molecule has 1 aliphatic rings. The number of fused-ring (bicyclic) bond motifs is 1. The Morgan fingerprint density at radius 1 is 1.24 bits per heavy atom. The summed E-state index contributed by atoms with van der Waals surface area (Å²) in [6.07, 6.45) is 10.8. The smallest absolute Gasteiger partial charge is 0.0706 e. The van der Waals surface area contributed by atoms with E-state index in [-0.39, 0.29) is 0 Å². The van der Waals surface area contributed by atoms with Crippen molar-refractivity contribution in [1.29, 1.82) is 0 Å². The highest BCUT2D eigenvalue weighted by atomic mass is 15.2. The van der Waals surface area contributed by atoms with Gasteiger partial charge < -0.3 is 5.32 Å². The number of hydrogen-bond acceptors (Lipinski definition) is 2. The van der Waals surface area contributed by atoms with Gasteiger partial charge in [-0.25, -0.2) is 4.52 Å². The first-order valence-corrected chi connectivity index (χ1v) is 6.58. The number of rotatable bonds is 3. The van der Waals surface area contributed by atoms with Crippen molar-refractivity contribution < 1.29 is 0 Å². The number of nitrogens with zero attached hydrogens (tertiary/aromatic N) is 2. The van der Waals surface area contributed by atoms with E-state index < -0.39 is 0 Å². The first-order valence-electron chi connectivity index (χ1n) is 6.58. The second kappa shape index (κ2) is 4.88. The van der Waals surface area contributed by atoms with E-state index in [0.717, 1.165) is 6.54 Å². The Kier molecular flexibility index (Phi) is 3.10. The standard InChI is InChI=1S/C14H19N3/c1-2-6-13(7-3-1)15-10-12-11-16-17-9-5-4-8-14(12)17/h4-5,8-9,11,13,15H,1-3,6-7,10H2. The van der Waals surface area contributed by atoms with Crippen LogP contribution in [0.2, 0.25) is 0 Å². The third-order valence-corrected chi connectivity index (χ3v) is 3.69. The van der Waals surface area contributed by atoms with Crippen LogP contribution in [-0.4, -0.2) is 15.7 Å². The molecule has 17 heavy (non-hydrogen) atoms. The summed E-state index contributed by atoms with van der Waals surface area (Å²) in [5.74, 6) is 0. The lowest BCUT2D eigenvalue weighted by atomic mass is 9.95. The Balaban J connectivity index is 1.68. The Bertz CT molecular complexity index is 483. The summed E-state index contributed by atoms with van der Waals surface area (Å²) in [6.45, 7) is 0.943. The molecule has 1 saturated carbocycles. The number of pyridine rings is 1. The summed E-state index contributed by atoms with van der Waals surface area (Å²) < 4.78 is 1.94. The predicted molar refractivity (Wildman–Crippen MR) is 68.9 cm³/mol. The molecular formula is C14H19N3. The van der Waals surface area contributed by atoms with E-state index in [9.17, 15) is 0 Å². The van der Waals surface area contributed by atoms with E-state index >= 15 is 0 Å². The highest BCUT2D eigenvalue weighted by Crippen LogP contribution is 2.18. The summed E-state index contributed by atoms with van der Waals surface area (Å²) in [7, 11) is 0. The van der Waals surface area contributed by atoms with E-state index in [1.165, 1.54) is 43.2 Å². The van der Waals surface area contributed by atoms with E-state index in [0.29, 0.717) is 6.04 Å². The van der Waals surface area contributed by atoms with Crippen molar-refractivity contribution in [2.24, 2.45) is 0 Å². The lowest BCUT2D eigenvalue weighted by molar-refractivity contribution is 0.373. The van der Waals surface area contributed by atoms with Crippen molar-refractivity contribution in [1.82, 2.24) is 14.9 Å². The topological polar surface area (TPSA) is 29.3 Å². The Labute approximate surface area is 102 Å². The second-order valence-corrected chi connectivity index (χ2v) is 4.92. The molecule has 2 heterocycles. The first kappa shape index (κ1) is 10.8. The molecule has 2 aromatic rings. The van der Waals surface area contributed by atoms with Crippen LogP contribution in [0.25, 0.3) is 5.52 Å². The highest BCUT2D eigenvalue weighted by Gasteiger charge is 2.13. The van der Waals surface area contributed by atoms with E-state index in [2.05, 4.69) is 22.5 Å². The van der Waals surface area contributed by atoms with Crippen LogP contribution in [0.3, 0.4) is 0 Å². The number of nitrogens with one attached hydrogen (secondary N) is 1. The number of aromatic nitrogens is 2. The summed E-state index contributed by atoms with van der Waals surface area (Å²) >= 11 is 0. The predicted octanol–water partition coefficient (Wildman–Crippen LogP) is 2.76. The zero-order valence-corrected chi connectivity index (χ0v) is 10.1. The molecule has 0 aliphatic heterocycles. The Hall–Kier alpha value is -1.35. The van der Waals surface area contributed by atoms with Crippen LogP contribution in [0, 0.1) is 0 Å². The lowest BCUT2D eigenvalue weighted by Gasteiger charge is -2.22. The summed E-state index contributed by atoms with van der Waals surface area (Å²) in [4.78, 5) is 0. The van der Waals surface area contributed by atoms with Crippen LogP contribution < -0.4 is 5.32 Å². The monoisotopic (exact) mass is 229 g/mol. The Morgan fingerprint density at radius 2 is 2.12 bits per heavy atom. The minimum absolute atomic E-state index is 0.711. The van der Waals surface area contributed by atoms with Gasteiger partial charge in [-0.15, -0.1) is 0 Å². The Morgan fingerprint density at radius 3 is 3.00 bits per heavy atom. The van der Waals surface area contributed by atoms with Gasteiger partial charge in [-0.05, 0) is 25.0 Å². The molecule has 1 N–H and O–H groups in total. The zero-order valence-electron chi connectivity index (χ0n) is 10.1. The average molecular weight is 229 g/mol. The molecule has 1 aliphatic carbocycles. The van der Waals surface area contributed by atoms with Gasteiger partial charge in [0, 0.05) is 24.3 Å². The minimum atomic E-state index is 0.711. The molecule has 3 nitrogen and oxygen atoms in total. The van der Waals surface area contributed by atoms with Gasteiger partial charge in [0.25, 0.3) is 0 Å². The van der Waals surface area contributed by atoms with Crippen LogP contribution in [0.4, 0.5) is 0 Å². The van der Waals surface area contributed by atoms with Gasteiger partial charge in [-0.2, -0.15) is 5.10 Å². The molecule has 3 rings (SSSR count). The fourth-order valence-electron chi connectivity index (χ4n) is 2.68. The molecule has 90 valence electrons. The number of hydrogen-bond donors (Lipinski definition) is 1. The van der Waals surface area contributed by atoms with Crippen molar-refractivity contribution in [2.45, 2.75) is 44.7 Å². The second-order valence-electron chi connectivity index (χ2n) is 4.92. The molecule has 0 atom stereocenters. The molecular weight excluding hydrogens is 210 g/mol. The van der Waals surface area contributed by atoms with E-state index in [1.54, 1.807) is 0 Å². The zero-order chi connectivity index (χ0) is 11.5. The first-order chi connectivity index (χ1) is 8.43. The van der Waals surface area contributed by atoms with Gasteiger partial charge in [-0.1, -0.05) is 25.3 Å². The van der Waals surface area contributed by atoms with Crippen molar-refractivity contribution in [2.75, 3.05) is 0 Å². The molecule has 0 bridgehead atoms. The molecule has 0 saturated heterocycles. The minimum Gasteiger partial charge on any atom is -0.310 e. The largest absolute Gasteiger partial charge is 0.310 e. The van der Waals surface area contributed by atoms with Gasteiger partial charge >= 0.3 is 0 Å². The lowest BCUT2D eigenvalue weighted by Crippen LogP contribution is -2.30. The van der Waals surface area contributed by atoms with Crippen LogP contribution in [0.1, 0.15) is 37.7 Å². The van der Waals surface area contributed by atoms with Crippen molar-refractivity contribution in [3.05, 3.63) is 36.2 Å². The maximum absolute atomic E-state index is 4.36. The molecule has 2 aromatic heterocycles. The highest BCUT2D eigenvalue weighted by molar-refractivity contribution is 5.53. The van der Waals surface area contributed by atoms with Gasteiger partial charge in [-0.3, -0.25) is 0 Å². The summed E-state index contributed by atoms with van der Waals surface area (Å²) in [5.41, 5.74) is 2.52. The molecule has 0 aromatic carbocycles. The fourth-order valence-corrected chi connectivity index (χ4v) is 2.68. The van der Waals surface area contributed by atoms with Crippen molar-refractivity contribution in [3.63, 3.8) is 0 Å². The van der Waals surface area contributed by atoms with Crippen LogP contribution >= 0.6 is 0 Å². The third-order valence-electron chi connectivity index (χ3n) is 3.69. The molecule has 0 unspecified atom stereocenters. The average Bonchev–Trinajstić information content (AvgIpc) is 2.81. The van der Waals surface area contributed by atoms with Gasteiger partial charge in [0.05, 0.1) is 11.7 Å². The summed E-state index contributed by atoms with van der Waals surface area (Å²) in [5, 5.41) is 8.02. The van der Waals surface area contributed by atoms with E-state index in [1.807, 2.05) is 23.0 Å². The molecule has 1 fully saturated rings. The molecule has 0 spiro atoms. The quantitative estimate of drug-likeness (QED) is 0.877. The van der Waals surface area contributed by atoms with E-state index in [4.69, 9.17) is 0 Å². The summed E-state index contributed by atoms with van der Waals surface area (Å²) in [6, 6.07) is 6.92. The van der Waals surface area contributed by atoms with Crippen LogP contribution in [-0.2, 0) is 6.54 Å². The molecule has 3 heteroatoms. The third kappa shape index (κ3) is 2.34. The maximum atomic E-state index is 4.36. The molecule has 0 amide bonds. The van der Waals surface area contributed by atoms with Gasteiger partial charge in [0.15, 0.2) is 0 Å². The van der Waals surface area contributed by atoms with Crippen molar-refractivity contribution >= 4 is 5.52 Å². The normalized spacial score (nSPS) is 17.6. The van der Waals surface area contributed by atoms with Crippen LogP contribution in [0.15, 0.2) is 30.6 Å². The molecule has 0 radical (unpaired) electrons. The fraction of sp³-hybridized carbons (Fsp3) is 0.500. The van der Waals surface area contributed by atoms with Crippen molar-refractivity contribution in [3.8, 4) is 0 Å². The SMILES string of the molecule is c1ccn2ncc(CNC3CCCCC3)c2c1. The van der Waals surface area contributed by atoms with Gasteiger partial charge in [0.2, 0.25) is 0 Å². The van der Waals surface area contributed by atoms with Crippen LogP contribution in [0.5, 0.6) is 0 Å².